The Morgan fingerprint density at radius 2 is 2.13 bits per heavy atom. The van der Waals surface area contributed by atoms with Gasteiger partial charge in [0.2, 0.25) is 0 Å². The number of nitriles is 1. The first kappa shape index (κ1) is 20.7. The number of ether oxygens (including phenoxy) is 1. The molecule has 0 spiro atoms. The summed E-state index contributed by atoms with van der Waals surface area (Å²) in [5.74, 6) is 2.80. The van der Waals surface area contributed by atoms with Crippen molar-refractivity contribution in [1.29, 1.82) is 5.26 Å². The predicted octanol–water partition coefficient (Wildman–Crippen LogP) is 5.08. The van der Waals surface area contributed by atoms with Crippen molar-refractivity contribution in [2.75, 3.05) is 18.9 Å². The van der Waals surface area contributed by atoms with Crippen molar-refractivity contribution in [1.82, 2.24) is 9.88 Å². The number of hydrogen-bond donors (Lipinski definition) is 0. The minimum absolute atomic E-state index is 0.211. The van der Waals surface area contributed by atoms with Crippen LogP contribution in [-0.4, -0.2) is 40.7 Å². The quantitative estimate of drug-likeness (QED) is 0.605. The molecule has 5 nitrogen and oxygen atoms in total. The van der Waals surface area contributed by atoms with Crippen molar-refractivity contribution in [2.45, 2.75) is 38.6 Å². The second-order valence-corrected chi connectivity index (χ2v) is 8.54. The smallest absolute Gasteiger partial charge is 0.150 e. The van der Waals surface area contributed by atoms with Gasteiger partial charge in [-0.05, 0) is 61.5 Å². The zero-order valence-electron chi connectivity index (χ0n) is 17.1. The summed E-state index contributed by atoms with van der Waals surface area (Å²) in [6.45, 7) is 3.91. The lowest BCUT2D eigenvalue weighted by atomic mass is 9.90. The molecule has 2 aromatic rings. The van der Waals surface area contributed by atoms with E-state index in [2.05, 4.69) is 16.8 Å². The van der Waals surface area contributed by atoms with Gasteiger partial charge in [-0.15, -0.1) is 0 Å². The summed E-state index contributed by atoms with van der Waals surface area (Å²) in [6, 6.07) is 11.0. The number of nitrogens with zero attached hydrogens (tertiary/aromatic N) is 4. The zero-order chi connectivity index (χ0) is 20.9. The lowest BCUT2D eigenvalue weighted by Gasteiger charge is -2.43. The zero-order valence-corrected chi connectivity index (χ0v) is 17.9. The SMILES string of the molecule is CCCC1CCC(COc2ccc(-c3ncc(C#N)cc3F)cc2)C2=NSCCN21. The summed E-state index contributed by atoms with van der Waals surface area (Å²) < 4.78 is 25.0. The summed E-state index contributed by atoms with van der Waals surface area (Å²) in [5, 5.41) is 8.85. The molecular weight excluding hydrogens is 399 g/mol. The highest BCUT2D eigenvalue weighted by atomic mass is 32.2. The van der Waals surface area contributed by atoms with Crippen LogP contribution < -0.4 is 4.74 Å². The van der Waals surface area contributed by atoms with Crippen molar-refractivity contribution in [3.63, 3.8) is 0 Å². The Labute approximate surface area is 181 Å². The molecule has 2 aliphatic heterocycles. The van der Waals surface area contributed by atoms with E-state index in [9.17, 15) is 4.39 Å². The molecule has 1 aromatic carbocycles. The number of pyridine rings is 1. The molecule has 3 heterocycles. The van der Waals surface area contributed by atoms with Crippen LogP contribution in [0.15, 0.2) is 40.9 Å². The van der Waals surface area contributed by atoms with Crippen LogP contribution in [0.1, 0.15) is 38.2 Å². The van der Waals surface area contributed by atoms with Crippen LogP contribution in [0.2, 0.25) is 0 Å². The van der Waals surface area contributed by atoms with E-state index in [0.717, 1.165) is 24.5 Å². The lowest BCUT2D eigenvalue weighted by Crippen LogP contribution is -2.51. The van der Waals surface area contributed by atoms with Crippen molar-refractivity contribution >= 4 is 17.8 Å². The Morgan fingerprint density at radius 3 is 2.87 bits per heavy atom. The van der Waals surface area contributed by atoms with Gasteiger partial charge in [0.1, 0.15) is 23.3 Å². The summed E-state index contributed by atoms with van der Waals surface area (Å²) >= 11 is 1.66. The molecule has 2 atom stereocenters. The fourth-order valence-corrected chi connectivity index (χ4v) is 4.94. The van der Waals surface area contributed by atoms with Crippen molar-refractivity contribution in [3.8, 4) is 23.1 Å². The number of fused-ring (bicyclic) bond motifs is 1. The molecule has 1 fully saturated rings. The van der Waals surface area contributed by atoms with Crippen LogP contribution in [0, 0.1) is 23.1 Å². The summed E-state index contributed by atoms with van der Waals surface area (Å²) in [7, 11) is 0. The van der Waals surface area contributed by atoms with Crippen molar-refractivity contribution < 1.29 is 9.13 Å². The molecule has 2 aliphatic rings. The minimum Gasteiger partial charge on any atom is -0.493 e. The third-order valence-corrected chi connectivity index (χ3v) is 6.38. The van der Waals surface area contributed by atoms with Crippen LogP contribution in [0.5, 0.6) is 5.75 Å². The number of aromatic nitrogens is 1. The molecule has 4 rings (SSSR count). The van der Waals surface area contributed by atoms with Gasteiger partial charge >= 0.3 is 0 Å². The maximum Gasteiger partial charge on any atom is 0.150 e. The Morgan fingerprint density at radius 1 is 1.30 bits per heavy atom. The summed E-state index contributed by atoms with van der Waals surface area (Å²) in [5.41, 5.74) is 1.10. The number of halogens is 1. The van der Waals surface area contributed by atoms with Gasteiger partial charge in [0.15, 0.2) is 5.82 Å². The van der Waals surface area contributed by atoms with Gasteiger partial charge in [0, 0.05) is 30.1 Å². The Kier molecular flexibility index (Phi) is 6.53. The van der Waals surface area contributed by atoms with Gasteiger partial charge in [-0.1, -0.05) is 13.3 Å². The van der Waals surface area contributed by atoms with Crippen molar-refractivity contribution in [3.05, 3.63) is 47.9 Å². The van der Waals surface area contributed by atoms with E-state index in [-0.39, 0.29) is 11.3 Å². The maximum absolute atomic E-state index is 14.2. The van der Waals surface area contributed by atoms with E-state index >= 15 is 0 Å². The first-order chi connectivity index (χ1) is 14.7. The fraction of sp³-hybridized carbons (Fsp3) is 0.435. The van der Waals surface area contributed by atoms with E-state index in [1.54, 1.807) is 24.1 Å². The van der Waals surface area contributed by atoms with Gasteiger partial charge in [-0.2, -0.15) is 5.26 Å². The molecule has 2 unspecified atom stereocenters. The molecule has 0 saturated carbocycles. The lowest BCUT2D eigenvalue weighted by molar-refractivity contribution is 0.192. The predicted molar refractivity (Wildman–Crippen MR) is 118 cm³/mol. The molecule has 7 heteroatoms. The van der Waals surface area contributed by atoms with Gasteiger partial charge in [0.05, 0.1) is 18.1 Å². The third kappa shape index (κ3) is 4.44. The first-order valence-corrected chi connectivity index (χ1v) is 11.4. The number of benzene rings is 1. The molecule has 0 radical (unpaired) electrons. The molecule has 0 N–H and O–H groups in total. The second-order valence-electron chi connectivity index (χ2n) is 7.69. The normalized spacial score (nSPS) is 20.8. The average molecular weight is 425 g/mol. The maximum atomic E-state index is 14.2. The highest BCUT2D eigenvalue weighted by Crippen LogP contribution is 2.32. The van der Waals surface area contributed by atoms with Crippen LogP contribution in [0.4, 0.5) is 4.39 Å². The van der Waals surface area contributed by atoms with Crippen LogP contribution in [0.3, 0.4) is 0 Å². The molecule has 1 saturated heterocycles. The third-order valence-electron chi connectivity index (χ3n) is 5.70. The standard InChI is InChI=1S/C23H25FN4OS/c1-2-3-19-7-4-18(23-27-30-11-10-28(19)23)15-29-20-8-5-17(6-9-20)22-21(24)12-16(13-25)14-26-22/h5-6,8-9,12,14,18-19H,2-4,7,10-11,15H2,1H3. The summed E-state index contributed by atoms with van der Waals surface area (Å²) in [4.78, 5) is 6.57. The summed E-state index contributed by atoms with van der Waals surface area (Å²) in [6.07, 6.45) is 6.09. The Hall–Kier alpha value is -2.59. The van der Waals surface area contributed by atoms with Gasteiger partial charge in [-0.3, -0.25) is 4.98 Å². The number of amidine groups is 1. The highest BCUT2D eigenvalue weighted by molar-refractivity contribution is 7.98. The largest absolute Gasteiger partial charge is 0.493 e. The van der Waals surface area contributed by atoms with E-state index in [1.165, 1.54) is 37.4 Å². The van der Waals surface area contributed by atoms with Crippen LogP contribution in [0.25, 0.3) is 11.3 Å². The minimum atomic E-state index is -0.501. The number of rotatable bonds is 6. The van der Waals surface area contributed by atoms with Crippen molar-refractivity contribution in [2.24, 2.45) is 10.3 Å². The van der Waals surface area contributed by atoms with Gasteiger partial charge < -0.3 is 9.64 Å². The fourth-order valence-electron chi connectivity index (χ4n) is 4.18. The Balaban J connectivity index is 1.41. The molecule has 30 heavy (non-hydrogen) atoms. The molecule has 1 aromatic heterocycles. The molecule has 0 aliphatic carbocycles. The average Bonchev–Trinajstić information content (AvgIpc) is 2.79. The van der Waals surface area contributed by atoms with E-state index in [0.29, 0.717) is 24.1 Å². The molecule has 156 valence electrons. The van der Waals surface area contributed by atoms with Crippen LogP contribution >= 0.6 is 11.9 Å². The van der Waals surface area contributed by atoms with E-state index in [4.69, 9.17) is 14.4 Å². The van der Waals surface area contributed by atoms with E-state index in [1.807, 2.05) is 18.2 Å². The van der Waals surface area contributed by atoms with Crippen LogP contribution in [-0.2, 0) is 0 Å². The molecular formula is C23H25FN4OS. The van der Waals surface area contributed by atoms with Gasteiger partial charge in [-0.25, -0.2) is 8.79 Å². The molecule has 0 amide bonds. The second kappa shape index (κ2) is 9.48. The van der Waals surface area contributed by atoms with E-state index < -0.39 is 5.82 Å². The number of hydrogen-bond acceptors (Lipinski definition) is 6. The number of piperidine rings is 1. The van der Waals surface area contributed by atoms with Gasteiger partial charge in [0.25, 0.3) is 0 Å². The first-order valence-electron chi connectivity index (χ1n) is 10.4. The Bertz CT molecular complexity index is 957. The topological polar surface area (TPSA) is 61.5 Å². The molecule has 0 bridgehead atoms. The highest BCUT2D eigenvalue weighted by Gasteiger charge is 2.34. The monoisotopic (exact) mass is 424 g/mol.